The monoisotopic (exact) mass is 324 g/mol. The Labute approximate surface area is 139 Å². The van der Waals surface area contributed by atoms with E-state index in [-0.39, 0.29) is 11.9 Å². The zero-order valence-electron chi connectivity index (χ0n) is 13.4. The molecule has 1 aliphatic heterocycles. The Kier molecular flexibility index (Phi) is 3.26. The van der Waals surface area contributed by atoms with E-state index in [0.717, 1.165) is 18.4 Å². The first-order valence-corrected chi connectivity index (χ1v) is 8.57. The van der Waals surface area contributed by atoms with Crippen LogP contribution in [-0.4, -0.2) is 39.8 Å². The quantitative estimate of drug-likeness (QED) is 0.630. The van der Waals surface area contributed by atoms with Crippen LogP contribution in [-0.2, 0) is 6.42 Å². The summed E-state index contributed by atoms with van der Waals surface area (Å²) in [6.45, 7) is 4.96. The number of carbonyl (C=O) groups is 1. The van der Waals surface area contributed by atoms with Gasteiger partial charge in [0, 0.05) is 34.8 Å². The van der Waals surface area contributed by atoms with Crippen molar-refractivity contribution in [1.82, 2.24) is 19.5 Å². The third kappa shape index (κ3) is 2.35. The molecule has 4 heterocycles. The van der Waals surface area contributed by atoms with Crippen molar-refractivity contribution in [3.63, 3.8) is 0 Å². The summed E-state index contributed by atoms with van der Waals surface area (Å²) in [4.78, 5) is 21.9. The number of aryl methyl sites for hydroxylation is 1. The van der Waals surface area contributed by atoms with Crippen LogP contribution in [0.25, 0.3) is 5.65 Å². The average molecular weight is 324 g/mol. The number of amides is 1. The molecular weight excluding hydrogens is 307 g/mol. The van der Waals surface area contributed by atoms with Crippen molar-refractivity contribution in [1.29, 1.82) is 0 Å². The molecule has 7 heteroatoms. The molecule has 0 bridgehead atoms. The fourth-order valence-corrected chi connectivity index (χ4v) is 4.33. The number of nitrogens with zero attached hydrogens (tertiary/aromatic N) is 4. The Morgan fingerprint density at radius 1 is 1.43 bits per heavy atom. The van der Waals surface area contributed by atoms with Gasteiger partial charge in [0.05, 0.1) is 6.04 Å². The number of fused-ring (bicyclic) bond motifs is 2. The molecular formula is C16H17BN4OS. The first-order chi connectivity index (χ1) is 11.0. The van der Waals surface area contributed by atoms with Gasteiger partial charge in [-0.15, -0.1) is 11.3 Å². The van der Waals surface area contributed by atoms with Gasteiger partial charge >= 0.3 is 0 Å². The molecule has 4 rings (SSSR count). The molecule has 3 aromatic heterocycles. The second kappa shape index (κ2) is 5.20. The van der Waals surface area contributed by atoms with Crippen molar-refractivity contribution >= 4 is 36.2 Å². The number of hydrogen-bond acceptors (Lipinski definition) is 4. The normalized spacial score (nSPS) is 17.5. The van der Waals surface area contributed by atoms with Crippen LogP contribution in [0, 0.1) is 6.92 Å². The molecule has 0 radical (unpaired) electrons. The van der Waals surface area contributed by atoms with Crippen molar-refractivity contribution < 1.29 is 4.79 Å². The highest BCUT2D eigenvalue weighted by Gasteiger charge is 2.30. The van der Waals surface area contributed by atoms with E-state index in [2.05, 4.69) is 30.0 Å². The Balaban J connectivity index is 1.68. The molecule has 0 fully saturated rings. The second-order valence-corrected chi connectivity index (χ2v) is 7.46. The number of hydrogen-bond donors (Lipinski definition) is 0. The van der Waals surface area contributed by atoms with Crippen LogP contribution in [0.1, 0.15) is 38.8 Å². The highest BCUT2D eigenvalue weighted by atomic mass is 32.1. The third-order valence-corrected chi connectivity index (χ3v) is 5.51. The van der Waals surface area contributed by atoms with E-state index in [9.17, 15) is 4.79 Å². The van der Waals surface area contributed by atoms with Gasteiger partial charge < -0.3 is 4.90 Å². The lowest BCUT2D eigenvalue weighted by Crippen LogP contribution is -2.38. The first kappa shape index (κ1) is 14.4. The Hall–Kier alpha value is -2.15. The van der Waals surface area contributed by atoms with E-state index in [1.807, 2.05) is 30.3 Å². The predicted molar refractivity (Wildman–Crippen MR) is 93.4 cm³/mol. The van der Waals surface area contributed by atoms with Gasteiger partial charge in [-0.3, -0.25) is 4.79 Å². The molecule has 5 nitrogen and oxygen atoms in total. The molecule has 1 aliphatic rings. The van der Waals surface area contributed by atoms with Gasteiger partial charge in [0.2, 0.25) is 0 Å². The number of carbonyl (C=O) groups excluding carboxylic acids is 1. The van der Waals surface area contributed by atoms with Crippen LogP contribution in [0.2, 0.25) is 0 Å². The smallest absolute Gasteiger partial charge is 0.274 e. The first-order valence-electron chi connectivity index (χ1n) is 7.75. The molecule has 1 amide bonds. The molecule has 1 unspecified atom stereocenters. The summed E-state index contributed by atoms with van der Waals surface area (Å²) in [6, 6.07) is 4.07. The molecule has 1 atom stereocenters. The molecule has 3 aromatic rings. The fourth-order valence-electron chi connectivity index (χ4n) is 3.21. The SMILES string of the molecule is Bc1cnc2cc(C(=O)N3CCc4sc(C)cc4C3C)nn2c1. The van der Waals surface area contributed by atoms with Gasteiger partial charge in [0.15, 0.2) is 11.3 Å². The number of thiophene rings is 1. The largest absolute Gasteiger partial charge is 0.330 e. The van der Waals surface area contributed by atoms with Gasteiger partial charge in [0.25, 0.3) is 5.91 Å². The topological polar surface area (TPSA) is 50.5 Å². The van der Waals surface area contributed by atoms with Gasteiger partial charge in [-0.1, -0.05) is 5.46 Å². The lowest BCUT2D eigenvalue weighted by atomic mass is 10.0. The second-order valence-electron chi connectivity index (χ2n) is 6.12. The Morgan fingerprint density at radius 2 is 2.26 bits per heavy atom. The Bertz CT molecular complexity index is 916. The van der Waals surface area contributed by atoms with E-state index >= 15 is 0 Å². The lowest BCUT2D eigenvalue weighted by molar-refractivity contribution is 0.0673. The van der Waals surface area contributed by atoms with Gasteiger partial charge in [-0.25, -0.2) is 9.50 Å². The van der Waals surface area contributed by atoms with Crippen LogP contribution in [0.4, 0.5) is 0 Å². The Morgan fingerprint density at radius 3 is 3.09 bits per heavy atom. The lowest BCUT2D eigenvalue weighted by Gasteiger charge is -2.33. The minimum atomic E-state index is -0.0184. The van der Waals surface area contributed by atoms with E-state index in [0.29, 0.717) is 11.3 Å². The maximum atomic E-state index is 12.9. The van der Waals surface area contributed by atoms with E-state index < -0.39 is 0 Å². The highest BCUT2D eigenvalue weighted by molar-refractivity contribution is 7.12. The van der Waals surface area contributed by atoms with Crippen molar-refractivity contribution in [3.05, 3.63) is 45.5 Å². The molecule has 116 valence electrons. The number of rotatable bonds is 1. The van der Waals surface area contributed by atoms with Gasteiger partial charge in [-0.05, 0) is 31.9 Å². The maximum absolute atomic E-state index is 12.9. The molecule has 0 saturated heterocycles. The molecule has 23 heavy (non-hydrogen) atoms. The summed E-state index contributed by atoms with van der Waals surface area (Å²) in [5.41, 5.74) is 3.47. The standard InChI is InChI=1S/C16H17BN4OS/c1-9-5-12-10(2)20(4-3-14(12)23-9)16(22)13-6-15-18-7-11(17)8-21(15)19-13/h5-8,10H,3-4,17H2,1-2H3. The predicted octanol–water partition coefficient (Wildman–Crippen LogP) is 1.12. The number of aromatic nitrogens is 3. The zero-order valence-corrected chi connectivity index (χ0v) is 14.2. The summed E-state index contributed by atoms with van der Waals surface area (Å²) in [5, 5.41) is 4.41. The van der Waals surface area contributed by atoms with Crippen molar-refractivity contribution in [2.75, 3.05) is 6.54 Å². The molecule has 0 aliphatic carbocycles. The molecule has 0 N–H and O–H groups in total. The summed E-state index contributed by atoms with van der Waals surface area (Å²) in [5.74, 6) is -0.0184. The van der Waals surface area contributed by atoms with E-state index in [1.165, 1.54) is 15.3 Å². The summed E-state index contributed by atoms with van der Waals surface area (Å²) in [7, 11) is 1.96. The van der Waals surface area contributed by atoms with Gasteiger partial charge in [0.1, 0.15) is 7.85 Å². The average Bonchev–Trinajstić information content (AvgIpc) is 3.09. The minimum Gasteiger partial charge on any atom is -0.330 e. The summed E-state index contributed by atoms with van der Waals surface area (Å²) in [6.07, 6.45) is 4.60. The summed E-state index contributed by atoms with van der Waals surface area (Å²) >= 11 is 1.84. The molecule has 0 aromatic carbocycles. The van der Waals surface area contributed by atoms with Gasteiger partial charge in [-0.2, -0.15) is 5.10 Å². The van der Waals surface area contributed by atoms with Crippen LogP contribution in [0.3, 0.4) is 0 Å². The fraction of sp³-hybridized carbons (Fsp3) is 0.312. The molecule has 0 spiro atoms. The van der Waals surface area contributed by atoms with E-state index in [4.69, 9.17) is 0 Å². The maximum Gasteiger partial charge on any atom is 0.274 e. The zero-order chi connectivity index (χ0) is 16.1. The van der Waals surface area contributed by atoms with Crippen molar-refractivity contribution in [3.8, 4) is 0 Å². The molecule has 0 saturated carbocycles. The minimum absolute atomic E-state index is 0.0184. The highest BCUT2D eigenvalue weighted by Crippen LogP contribution is 2.35. The van der Waals surface area contributed by atoms with Crippen LogP contribution in [0.5, 0.6) is 0 Å². The van der Waals surface area contributed by atoms with Crippen LogP contribution < -0.4 is 5.46 Å². The van der Waals surface area contributed by atoms with E-state index in [1.54, 1.807) is 16.8 Å². The summed E-state index contributed by atoms with van der Waals surface area (Å²) < 4.78 is 1.68. The third-order valence-electron chi connectivity index (χ3n) is 4.38. The van der Waals surface area contributed by atoms with Crippen LogP contribution >= 0.6 is 11.3 Å². The van der Waals surface area contributed by atoms with Crippen LogP contribution in [0.15, 0.2) is 24.5 Å². The van der Waals surface area contributed by atoms with Crippen molar-refractivity contribution in [2.45, 2.75) is 26.3 Å². The van der Waals surface area contributed by atoms with Crippen molar-refractivity contribution in [2.24, 2.45) is 0 Å².